The van der Waals surface area contributed by atoms with Gasteiger partial charge in [-0.25, -0.2) is 9.59 Å². The molecule has 1 unspecified atom stereocenters. The van der Waals surface area contributed by atoms with Crippen LogP contribution < -0.4 is 15.4 Å². The van der Waals surface area contributed by atoms with Gasteiger partial charge in [0.2, 0.25) is 0 Å². The van der Waals surface area contributed by atoms with Gasteiger partial charge >= 0.3 is 12.0 Å². The molecule has 0 fully saturated rings. The third-order valence-electron chi connectivity index (χ3n) is 4.71. The minimum atomic E-state index is -0.664. The first kappa shape index (κ1) is 23.0. The summed E-state index contributed by atoms with van der Waals surface area (Å²) in [6.07, 6.45) is 0.194. The maximum atomic E-state index is 12.8. The lowest BCUT2D eigenvalue weighted by Crippen LogP contribution is -2.46. The molecule has 0 saturated heterocycles. The summed E-state index contributed by atoms with van der Waals surface area (Å²) in [6.45, 7) is 5.61. The lowest BCUT2D eigenvalue weighted by molar-refractivity contribution is -0.143. The third-order valence-corrected chi connectivity index (χ3v) is 5.41. The summed E-state index contributed by atoms with van der Waals surface area (Å²) in [7, 11) is 0. The van der Waals surface area contributed by atoms with Gasteiger partial charge in [0.1, 0.15) is 12.4 Å². The number of rotatable bonds is 7. The van der Waals surface area contributed by atoms with Crippen LogP contribution in [0.5, 0.6) is 5.75 Å². The van der Waals surface area contributed by atoms with Crippen molar-refractivity contribution < 1.29 is 19.1 Å². The van der Waals surface area contributed by atoms with Crippen LogP contribution in [0.2, 0.25) is 10.0 Å². The molecule has 1 aliphatic rings. The second-order valence-corrected chi connectivity index (χ2v) is 8.11. The van der Waals surface area contributed by atoms with Crippen LogP contribution >= 0.6 is 23.2 Å². The molecule has 2 N–H and O–H groups in total. The lowest BCUT2D eigenvalue weighted by Gasteiger charge is -2.29. The molecule has 164 valence electrons. The van der Waals surface area contributed by atoms with E-state index < -0.39 is 12.0 Å². The van der Waals surface area contributed by atoms with Gasteiger partial charge in [-0.15, -0.1) is 0 Å². The molecule has 0 spiro atoms. The van der Waals surface area contributed by atoms with Crippen LogP contribution in [0.25, 0.3) is 0 Å². The highest BCUT2D eigenvalue weighted by atomic mass is 35.5. The number of urea groups is 1. The number of hydrogen-bond donors (Lipinski definition) is 2. The van der Waals surface area contributed by atoms with E-state index in [0.717, 1.165) is 0 Å². The van der Waals surface area contributed by atoms with Crippen molar-refractivity contribution in [3.63, 3.8) is 0 Å². The minimum absolute atomic E-state index is 0.179. The third kappa shape index (κ3) is 5.51. The van der Waals surface area contributed by atoms with Crippen LogP contribution in [-0.4, -0.2) is 18.1 Å². The van der Waals surface area contributed by atoms with Gasteiger partial charge < -0.3 is 20.1 Å². The van der Waals surface area contributed by atoms with E-state index in [1.54, 1.807) is 50.2 Å². The highest BCUT2D eigenvalue weighted by molar-refractivity contribution is 6.35. The average molecular weight is 463 g/mol. The Morgan fingerprint density at radius 1 is 1.13 bits per heavy atom. The van der Waals surface area contributed by atoms with E-state index in [2.05, 4.69) is 10.6 Å². The number of amides is 2. The van der Waals surface area contributed by atoms with Crippen LogP contribution in [0.4, 0.5) is 4.79 Å². The Morgan fingerprint density at radius 3 is 2.45 bits per heavy atom. The van der Waals surface area contributed by atoms with Gasteiger partial charge in [0.15, 0.2) is 0 Å². The van der Waals surface area contributed by atoms with Gasteiger partial charge in [-0.2, -0.15) is 0 Å². The van der Waals surface area contributed by atoms with E-state index in [1.165, 1.54) is 0 Å². The van der Waals surface area contributed by atoms with Crippen molar-refractivity contribution in [1.82, 2.24) is 10.6 Å². The molecule has 1 atom stereocenters. The zero-order valence-corrected chi connectivity index (χ0v) is 19.0. The Bertz CT molecular complexity index is 1000. The predicted molar refractivity (Wildman–Crippen MR) is 120 cm³/mol. The highest BCUT2D eigenvalue weighted by Gasteiger charge is 2.33. The maximum absolute atomic E-state index is 12.8. The monoisotopic (exact) mass is 462 g/mol. The summed E-state index contributed by atoms with van der Waals surface area (Å²) in [5, 5.41) is 6.56. The number of carbonyl (C=O) groups is 2. The second-order valence-electron chi connectivity index (χ2n) is 7.29. The van der Waals surface area contributed by atoms with E-state index in [0.29, 0.717) is 44.6 Å². The predicted octanol–water partition coefficient (Wildman–Crippen LogP) is 5.54. The number of hydrogen-bond acceptors (Lipinski definition) is 4. The first-order valence-corrected chi connectivity index (χ1v) is 10.7. The molecule has 31 heavy (non-hydrogen) atoms. The van der Waals surface area contributed by atoms with Crippen LogP contribution in [0.1, 0.15) is 44.4 Å². The standard InChI is InChI=1S/C23H24Cl2N2O4/c1-4-19-20(22(28)31-13(2)3)21(27-23(29)26-19)14-7-5-8-15(11-14)30-12-16-17(24)9-6-10-18(16)25/h5-11,13,21H,4,12H2,1-3H3,(H2,26,27,29). The van der Waals surface area contributed by atoms with Crippen LogP contribution in [0.3, 0.4) is 0 Å². The van der Waals surface area contributed by atoms with Crippen molar-refractivity contribution >= 4 is 35.2 Å². The van der Waals surface area contributed by atoms with Gasteiger partial charge in [-0.05, 0) is 50.1 Å². The quantitative estimate of drug-likeness (QED) is 0.529. The minimum Gasteiger partial charge on any atom is -0.489 e. The Morgan fingerprint density at radius 2 is 1.81 bits per heavy atom. The van der Waals surface area contributed by atoms with Gasteiger partial charge in [0.25, 0.3) is 0 Å². The number of esters is 1. The van der Waals surface area contributed by atoms with E-state index in [4.69, 9.17) is 32.7 Å². The van der Waals surface area contributed by atoms with Crippen molar-refractivity contribution in [2.75, 3.05) is 0 Å². The normalized spacial score (nSPS) is 16.1. The molecule has 0 saturated carbocycles. The summed E-state index contributed by atoms with van der Waals surface area (Å²) in [4.78, 5) is 25.0. The number of benzene rings is 2. The molecule has 8 heteroatoms. The summed E-state index contributed by atoms with van der Waals surface area (Å²) >= 11 is 12.4. The number of nitrogens with one attached hydrogen (secondary N) is 2. The smallest absolute Gasteiger partial charge is 0.338 e. The topological polar surface area (TPSA) is 76.7 Å². The molecule has 2 amide bonds. The van der Waals surface area contributed by atoms with Crippen molar-refractivity contribution in [1.29, 1.82) is 0 Å². The van der Waals surface area contributed by atoms with Gasteiger partial charge in [0, 0.05) is 21.3 Å². The van der Waals surface area contributed by atoms with Crippen molar-refractivity contribution in [3.8, 4) is 5.75 Å². The molecular weight excluding hydrogens is 439 g/mol. The Kier molecular flexibility index (Phi) is 7.46. The molecule has 1 heterocycles. The van der Waals surface area contributed by atoms with Gasteiger partial charge in [-0.1, -0.05) is 48.3 Å². The fourth-order valence-corrected chi connectivity index (χ4v) is 3.78. The molecule has 0 bridgehead atoms. The van der Waals surface area contributed by atoms with E-state index in [-0.39, 0.29) is 18.7 Å². The highest BCUT2D eigenvalue weighted by Crippen LogP contribution is 2.32. The van der Waals surface area contributed by atoms with Crippen LogP contribution in [0, 0.1) is 0 Å². The SMILES string of the molecule is CCC1=C(C(=O)OC(C)C)C(c2cccc(OCc3c(Cl)cccc3Cl)c2)NC(=O)N1. The fourth-order valence-electron chi connectivity index (χ4n) is 3.28. The lowest BCUT2D eigenvalue weighted by atomic mass is 9.94. The van der Waals surface area contributed by atoms with E-state index in [1.807, 2.05) is 13.0 Å². The number of halogens is 2. The maximum Gasteiger partial charge on any atom is 0.338 e. The zero-order valence-electron chi connectivity index (χ0n) is 17.5. The largest absolute Gasteiger partial charge is 0.489 e. The second kappa shape index (κ2) is 10.1. The molecule has 2 aromatic carbocycles. The average Bonchev–Trinajstić information content (AvgIpc) is 2.72. The van der Waals surface area contributed by atoms with E-state index >= 15 is 0 Å². The molecule has 3 rings (SSSR count). The van der Waals surface area contributed by atoms with Gasteiger partial charge in [-0.3, -0.25) is 0 Å². The molecule has 6 nitrogen and oxygen atoms in total. The summed E-state index contributed by atoms with van der Waals surface area (Å²) < 4.78 is 11.3. The van der Waals surface area contributed by atoms with Gasteiger partial charge in [0.05, 0.1) is 17.7 Å². The number of allylic oxidation sites excluding steroid dienone is 1. The Balaban J connectivity index is 1.90. The molecule has 0 aliphatic carbocycles. The molecular formula is C23H24Cl2N2O4. The molecule has 2 aromatic rings. The van der Waals surface area contributed by atoms with Crippen LogP contribution in [0.15, 0.2) is 53.7 Å². The zero-order chi connectivity index (χ0) is 22.5. The first-order valence-electron chi connectivity index (χ1n) is 9.97. The number of carbonyl (C=O) groups excluding carboxylic acids is 2. The Labute approximate surface area is 191 Å². The van der Waals surface area contributed by atoms with Crippen molar-refractivity contribution in [2.24, 2.45) is 0 Å². The first-order chi connectivity index (χ1) is 14.8. The number of ether oxygens (including phenoxy) is 2. The molecule has 1 aliphatic heterocycles. The van der Waals surface area contributed by atoms with Crippen molar-refractivity contribution in [2.45, 2.75) is 45.9 Å². The summed E-state index contributed by atoms with van der Waals surface area (Å²) in [5.74, 6) is 0.0782. The summed E-state index contributed by atoms with van der Waals surface area (Å²) in [5.41, 5.74) is 2.29. The van der Waals surface area contributed by atoms with Crippen LogP contribution in [-0.2, 0) is 16.1 Å². The van der Waals surface area contributed by atoms with Crippen molar-refractivity contribution in [3.05, 3.63) is 74.9 Å². The molecule has 0 radical (unpaired) electrons. The fraction of sp³-hybridized carbons (Fsp3) is 0.304. The summed E-state index contributed by atoms with van der Waals surface area (Å²) in [6, 6.07) is 11.4. The Hall–Kier alpha value is -2.70. The molecule has 0 aromatic heterocycles. The van der Waals surface area contributed by atoms with E-state index in [9.17, 15) is 9.59 Å².